The van der Waals surface area contributed by atoms with Crippen LogP contribution in [0.15, 0.2) is 0 Å². The molecule has 0 spiro atoms. The van der Waals surface area contributed by atoms with Gasteiger partial charge in [0.25, 0.3) is 0 Å². The van der Waals surface area contributed by atoms with Gasteiger partial charge in [0.05, 0.1) is 12.1 Å². The molecule has 1 amide bonds. The summed E-state index contributed by atoms with van der Waals surface area (Å²) in [7, 11) is 1.77. The third kappa shape index (κ3) is 3.96. The summed E-state index contributed by atoms with van der Waals surface area (Å²) in [5.74, 6) is 0.534. The number of rotatable bonds is 4. The number of aliphatic hydroxyl groups excluding tert-OH is 1. The minimum Gasteiger partial charge on any atom is -0.394 e. The van der Waals surface area contributed by atoms with Crippen molar-refractivity contribution < 1.29 is 9.90 Å². The van der Waals surface area contributed by atoms with E-state index in [1.807, 2.05) is 13.8 Å². The summed E-state index contributed by atoms with van der Waals surface area (Å²) < 4.78 is 0. The molecule has 0 aromatic carbocycles. The summed E-state index contributed by atoms with van der Waals surface area (Å²) in [5, 5.41) is 9.25. The summed E-state index contributed by atoms with van der Waals surface area (Å²) in [4.78, 5) is 13.8. The van der Waals surface area contributed by atoms with E-state index >= 15 is 0 Å². The highest BCUT2D eigenvalue weighted by molar-refractivity contribution is 5.77. The van der Waals surface area contributed by atoms with Gasteiger partial charge in [0.15, 0.2) is 0 Å². The van der Waals surface area contributed by atoms with Crippen LogP contribution >= 0.6 is 0 Å². The summed E-state index contributed by atoms with van der Waals surface area (Å²) in [6.07, 6.45) is 4.84. The second-order valence-electron chi connectivity index (χ2n) is 5.92. The van der Waals surface area contributed by atoms with Crippen molar-refractivity contribution in [1.82, 2.24) is 4.90 Å². The molecule has 2 atom stereocenters. The van der Waals surface area contributed by atoms with E-state index in [0.29, 0.717) is 12.3 Å². The molecule has 3 N–H and O–H groups in total. The number of nitrogens with zero attached hydrogens (tertiary/aromatic N) is 1. The van der Waals surface area contributed by atoms with Gasteiger partial charge in [-0.15, -0.1) is 0 Å². The van der Waals surface area contributed by atoms with Crippen molar-refractivity contribution >= 4 is 5.91 Å². The van der Waals surface area contributed by atoms with Gasteiger partial charge < -0.3 is 15.7 Å². The quantitative estimate of drug-likeness (QED) is 0.776. The van der Waals surface area contributed by atoms with Crippen molar-refractivity contribution in [3.63, 3.8) is 0 Å². The molecule has 4 heteroatoms. The molecule has 0 bridgehead atoms. The Balaban J connectivity index is 2.48. The smallest absolute Gasteiger partial charge is 0.223 e. The second-order valence-corrected chi connectivity index (χ2v) is 5.92. The molecule has 17 heavy (non-hydrogen) atoms. The Morgan fingerprint density at radius 1 is 1.47 bits per heavy atom. The maximum atomic E-state index is 12.1. The largest absolute Gasteiger partial charge is 0.394 e. The van der Waals surface area contributed by atoms with Gasteiger partial charge in [-0.25, -0.2) is 0 Å². The fourth-order valence-corrected chi connectivity index (χ4v) is 2.35. The van der Waals surface area contributed by atoms with E-state index < -0.39 is 5.54 Å². The lowest BCUT2D eigenvalue weighted by molar-refractivity contribution is -0.137. The first-order valence-electron chi connectivity index (χ1n) is 6.50. The van der Waals surface area contributed by atoms with Crippen LogP contribution in [0, 0.1) is 5.92 Å². The van der Waals surface area contributed by atoms with Crippen molar-refractivity contribution in [2.45, 2.75) is 57.5 Å². The summed E-state index contributed by atoms with van der Waals surface area (Å²) >= 11 is 0. The van der Waals surface area contributed by atoms with Gasteiger partial charge in [-0.3, -0.25) is 4.79 Å². The van der Waals surface area contributed by atoms with Gasteiger partial charge >= 0.3 is 0 Å². The summed E-state index contributed by atoms with van der Waals surface area (Å²) in [6.45, 7) is 3.73. The molecular weight excluding hydrogens is 216 g/mol. The lowest BCUT2D eigenvalue weighted by Gasteiger charge is -2.35. The maximum absolute atomic E-state index is 12.1. The van der Waals surface area contributed by atoms with Crippen LogP contribution in [0.4, 0.5) is 0 Å². The third-order valence-corrected chi connectivity index (χ3v) is 3.96. The molecule has 0 aliphatic heterocycles. The molecule has 0 aromatic rings. The van der Waals surface area contributed by atoms with Crippen LogP contribution in [0.1, 0.15) is 46.0 Å². The Morgan fingerprint density at radius 3 is 2.65 bits per heavy atom. The molecule has 1 aliphatic rings. The zero-order valence-electron chi connectivity index (χ0n) is 11.3. The molecule has 1 fully saturated rings. The number of hydrogen-bond donors (Lipinski definition) is 2. The van der Waals surface area contributed by atoms with Gasteiger partial charge in [0.1, 0.15) is 0 Å². The van der Waals surface area contributed by atoms with E-state index in [-0.39, 0.29) is 18.6 Å². The van der Waals surface area contributed by atoms with E-state index in [0.717, 1.165) is 25.7 Å². The molecule has 0 radical (unpaired) electrons. The highest BCUT2D eigenvalue weighted by atomic mass is 16.3. The molecule has 4 nitrogen and oxygen atoms in total. The first-order chi connectivity index (χ1) is 7.86. The predicted molar refractivity (Wildman–Crippen MR) is 68.5 cm³/mol. The van der Waals surface area contributed by atoms with E-state index in [2.05, 4.69) is 0 Å². The lowest BCUT2D eigenvalue weighted by Crippen LogP contribution is -2.48. The van der Waals surface area contributed by atoms with Gasteiger partial charge in [0, 0.05) is 19.5 Å². The van der Waals surface area contributed by atoms with Crippen LogP contribution in [-0.2, 0) is 4.79 Å². The van der Waals surface area contributed by atoms with Gasteiger partial charge in [-0.1, -0.05) is 6.42 Å². The maximum Gasteiger partial charge on any atom is 0.223 e. The van der Waals surface area contributed by atoms with Gasteiger partial charge in [-0.2, -0.15) is 0 Å². The summed E-state index contributed by atoms with van der Waals surface area (Å²) in [5.41, 5.74) is 5.45. The van der Waals surface area contributed by atoms with Crippen molar-refractivity contribution in [3.05, 3.63) is 0 Å². The van der Waals surface area contributed by atoms with E-state index in [4.69, 9.17) is 5.73 Å². The van der Waals surface area contributed by atoms with E-state index in [9.17, 15) is 9.90 Å². The second kappa shape index (κ2) is 5.83. The zero-order valence-corrected chi connectivity index (χ0v) is 11.3. The normalized spacial score (nSPS) is 25.7. The van der Waals surface area contributed by atoms with Crippen LogP contribution in [0.2, 0.25) is 0 Å². The lowest BCUT2D eigenvalue weighted by atomic mass is 9.83. The highest BCUT2D eigenvalue weighted by Crippen LogP contribution is 2.27. The number of aliphatic hydroxyl groups is 1. The predicted octanol–water partition coefficient (Wildman–Crippen LogP) is 1.12. The SMILES string of the molecule is CN(C(=O)CC1CCCC(N)C1)C(C)(C)CO. The fraction of sp³-hybridized carbons (Fsp3) is 0.923. The number of amides is 1. The van der Waals surface area contributed by atoms with E-state index in [1.54, 1.807) is 11.9 Å². The van der Waals surface area contributed by atoms with Crippen LogP contribution in [0.5, 0.6) is 0 Å². The first kappa shape index (κ1) is 14.5. The standard InChI is InChI=1S/C13H26N2O2/c1-13(2,9-16)15(3)12(17)8-10-5-4-6-11(14)7-10/h10-11,16H,4-9,14H2,1-3H3. The Morgan fingerprint density at radius 2 is 2.12 bits per heavy atom. The number of hydrogen-bond acceptors (Lipinski definition) is 3. The highest BCUT2D eigenvalue weighted by Gasteiger charge is 2.29. The Bertz CT molecular complexity index is 266. The summed E-state index contributed by atoms with van der Waals surface area (Å²) in [6, 6.07) is 0.262. The average molecular weight is 242 g/mol. The molecule has 2 unspecified atom stereocenters. The Labute approximate surface area is 104 Å². The monoisotopic (exact) mass is 242 g/mol. The molecule has 0 heterocycles. The molecule has 1 rings (SSSR count). The van der Waals surface area contributed by atoms with Crippen molar-refractivity contribution in [2.24, 2.45) is 11.7 Å². The number of likely N-dealkylation sites (N-methyl/N-ethyl adjacent to an activating group) is 1. The number of nitrogens with two attached hydrogens (primary N) is 1. The Hall–Kier alpha value is -0.610. The molecular formula is C13H26N2O2. The van der Waals surface area contributed by atoms with Gasteiger partial charge in [0.2, 0.25) is 5.91 Å². The molecule has 1 aliphatic carbocycles. The average Bonchev–Trinajstić information content (AvgIpc) is 2.28. The van der Waals surface area contributed by atoms with E-state index in [1.165, 1.54) is 0 Å². The van der Waals surface area contributed by atoms with Crippen LogP contribution < -0.4 is 5.73 Å². The van der Waals surface area contributed by atoms with Crippen LogP contribution in [0.3, 0.4) is 0 Å². The van der Waals surface area contributed by atoms with Gasteiger partial charge in [-0.05, 0) is 39.0 Å². The third-order valence-electron chi connectivity index (χ3n) is 3.96. The van der Waals surface area contributed by atoms with Crippen LogP contribution in [0.25, 0.3) is 0 Å². The number of carbonyl (C=O) groups excluding carboxylic acids is 1. The van der Waals surface area contributed by atoms with Crippen molar-refractivity contribution in [1.29, 1.82) is 0 Å². The molecule has 0 aromatic heterocycles. The fourth-order valence-electron chi connectivity index (χ4n) is 2.35. The Kier molecular flexibility index (Phi) is 4.95. The first-order valence-corrected chi connectivity index (χ1v) is 6.50. The zero-order chi connectivity index (χ0) is 13.1. The molecule has 100 valence electrons. The number of carbonyl (C=O) groups is 1. The molecule has 0 saturated heterocycles. The molecule has 1 saturated carbocycles. The minimum absolute atomic E-state index is 0.0145. The van der Waals surface area contributed by atoms with Crippen molar-refractivity contribution in [2.75, 3.05) is 13.7 Å². The van der Waals surface area contributed by atoms with Crippen LogP contribution in [-0.4, -0.2) is 41.1 Å². The topological polar surface area (TPSA) is 66.6 Å². The minimum atomic E-state index is -0.478. The van der Waals surface area contributed by atoms with Crippen molar-refractivity contribution in [3.8, 4) is 0 Å².